The van der Waals surface area contributed by atoms with E-state index in [1.165, 1.54) is 11.3 Å². The Morgan fingerprint density at radius 1 is 1.27 bits per heavy atom. The summed E-state index contributed by atoms with van der Waals surface area (Å²) in [5, 5.41) is 4.56. The number of carbonyl (C=O) groups is 2. The van der Waals surface area contributed by atoms with Crippen LogP contribution in [0.2, 0.25) is 0 Å². The molecule has 6 heteroatoms. The first-order valence-electron chi connectivity index (χ1n) is 8.31. The fourth-order valence-corrected chi connectivity index (χ4v) is 3.02. The van der Waals surface area contributed by atoms with Crippen molar-refractivity contribution in [2.75, 3.05) is 20.3 Å². The molecule has 2 aromatic rings. The van der Waals surface area contributed by atoms with E-state index >= 15 is 0 Å². The topological polar surface area (TPSA) is 64.6 Å². The van der Waals surface area contributed by atoms with Crippen LogP contribution in [0.3, 0.4) is 0 Å². The third-order valence-corrected chi connectivity index (χ3v) is 4.52. The van der Waals surface area contributed by atoms with E-state index in [0.717, 1.165) is 16.0 Å². The van der Waals surface area contributed by atoms with Gasteiger partial charge in [-0.1, -0.05) is 35.9 Å². The van der Waals surface area contributed by atoms with Crippen LogP contribution in [0.1, 0.15) is 22.9 Å². The zero-order valence-electron chi connectivity index (χ0n) is 15.2. The summed E-state index contributed by atoms with van der Waals surface area (Å²) in [5.41, 5.74) is 2.44. The molecule has 26 heavy (non-hydrogen) atoms. The molecule has 2 rings (SSSR count). The van der Waals surface area contributed by atoms with E-state index in [1.807, 2.05) is 48.7 Å². The number of benzene rings is 1. The summed E-state index contributed by atoms with van der Waals surface area (Å²) >= 11 is 1.45. The molecule has 0 fully saturated rings. The molecule has 0 saturated heterocycles. The number of rotatable bonds is 8. The number of nitrogens with one attached hydrogen (secondary N) is 1. The molecule has 0 unspecified atom stereocenters. The van der Waals surface area contributed by atoms with Crippen molar-refractivity contribution in [2.45, 2.75) is 20.0 Å². The standard InChI is InChI=1S/C20H23NO4S/c1-14-6-4-7-16(12-14)13-17(18-8-5-11-26-18)20(23)25-15(2)19(22)21-9-10-24-3/h4-8,11-13,15H,9-10H2,1-3H3,(H,21,22)/b17-13+/t15-/m0/s1. The average molecular weight is 373 g/mol. The molecule has 1 aromatic heterocycles. The first-order chi connectivity index (χ1) is 12.5. The monoisotopic (exact) mass is 373 g/mol. The predicted octanol–water partition coefficient (Wildman–Crippen LogP) is 3.29. The number of carbonyl (C=O) groups excluding carboxylic acids is 2. The molecule has 0 aliphatic rings. The smallest absolute Gasteiger partial charge is 0.340 e. The van der Waals surface area contributed by atoms with Gasteiger partial charge >= 0.3 is 5.97 Å². The Morgan fingerprint density at radius 2 is 2.08 bits per heavy atom. The maximum Gasteiger partial charge on any atom is 0.340 e. The lowest BCUT2D eigenvalue weighted by Crippen LogP contribution is -2.37. The third-order valence-electron chi connectivity index (χ3n) is 3.62. The van der Waals surface area contributed by atoms with Crippen molar-refractivity contribution < 1.29 is 19.1 Å². The van der Waals surface area contributed by atoms with Crippen LogP contribution in [-0.2, 0) is 19.1 Å². The van der Waals surface area contributed by atoms with E-state index in [0.29, 0.717) is 18.7 Å². The third kappa shape index (κ3) is 5.82. The Morgan fingerprint density at radius 3 is 2.73 bits per heavy atom. The van der Waals surface area contributed by atoms with E-state index in [4.69, 9.17) is 9.47 Å². The number of methoxy groups -OCH3 is 1. The van der Waals surface area contributed by atoms with Crippen molar-refractivity contribution in [2.24, 2.45) is 0 Å². The summed E-state index contributed by atoms with van der Waals surface area (Å²) in [7, 11) is 1.55. The predicted molar refractivity (Wildman–Crippen MR) is 104 cm³/mol. The summed E-state index contributed by atoms with van der Waals surface area (Å²) in [6.07, 6.45) is 0.900. The lowest BCUT2D eigenvalue weighted by Gasteiger charge is -2.14. The molecule has 0 saturated carbocycles. The number of aryl methyl sites for hydroxylation is 1. The average Bonchev–Trinajstić information content (AvgIpc) is 3.14. The van der Waals surface area contributed by atoms with Crippen LogP contribution in [-0.4, -0.2) is 38.2 Å². The van der Waals surface area contributed by atoms with Gasteiger partial charge in [0.2, 0.25) is 0 Å². The molecule has 0 spiro atoms. The Bertz CT molecular complexity index is 768. The summed E-state index contributed by atoms with van der Waals surface area (Å²) in [6.45, 7) is 4.32. The van der Waals surface area contributed by atoms with E-state index in [1.54, 1.807) is 20.1 Å². The Hall–Kier alpha value is -2.44. The van der Waals surface area contributed by atoms with E-state index in [9.17, 15) is 9.59 Å². The van der Waals surface area contributed by atoms with Crippen molar-refractivity contribution >= 4 is 34.9 Å². The molecule has 138 valence electrons. The molecule has 0 radical (unpaired) electrons. The second kappa shape index (κ2) is 9.89. The number of hydrogen-bond acceptors (Lipinski definition) is 5. The van der Waals surface area contributed by atoms with Gasteiger partial charge in [-0.25, -0.2) is 4.79 Å². The minimum absolute atomic E-state index is 0.350. The van der Waals surface area contributed by atoms with Crippen LogP contribution in [0, 0.1) is 6.92 Å². The van der Waals surface area contributed by atoms with Gasteiger partial charge in [0.25, 0.3) is 5.91 Å². The van der Waals surface area contributed by atoms with Crippen molar-refractivity contribution in [3.8, 4) is 0 Å². The Labute approximate surface area is 157 Å². The van der Waals surface area contributed by atoms with Gasteiger partial charge in [-0.2, -0.15) is 0 Å². The SMILES string of the molecule is COCCNC(=O)[C@H](C)OC(=O)/C(=C/c1cccc(C)c1)c1cccs1. The lowest BCUT2D eigenvalue weighted by atomic mass is 10.1. The maximum absolute atomic E-state index is 12.7. The van der Waals surface area contributed by atoms with Crippen molar-refractivity contribution in [3.63, 3.8) is 0 Å². The first kappa shape index (κ1) is 19.9. The van der Waals surface area contributed by atoms with Crippen LogP contribution in [0.25, 0.3) is 11.6 Å². The molecular formula is C20H23NO4S. The summed E-state index contributed by atoms with van der Waals surface area (Å²) in [4.78, 5) is 25.5. The molecule has 0 aliphatic carbocycles. The molecule has 1 atom stereocenters. The van der Waals surface area contributed by atoms with Gasteiger partial charge in [0.1, 0.15) is 0 Å². The zero-order valence-corrected chi connectivity index (χ0v) is 16.0. The zero-order chi connectivity index (χ0) is 18.9. The fraction of sp³-hybridized carbons (Fsp3) is 0.300. The van der Waals surface area contributed by atoms with Crippen molar-refractivity contribution in [1.82, 2.24) is 5.32 Å². The van der Waals surface area contributed by atoms with Crippen LogP contribution >= 0.6 is 11.3 Å². The van der Waals surface area contributed by atoms with E-state index in [2.05, 4.69) is 5.32 Å². The van der Waals surface area contributed by atoms with Crippen molar-refractivity contribution in [3.05, 3.63) is 57.8 Å². The summed E-state index contributed by atoms with van der Waals surface area (Å²) in [6, 6.07) is 11.6. The minimum Gasteiger partial charge on any atom is -0.449 e. The highest BCUT2D eigenvalue weighted by atomic mass is 32.1. The van der Waals surface area contributed by atoms with E-state index < -0.39 is 12.1 Å². The van der Waals surface area contributed by atoms with Gasteiger partial charge < -0.3 is 14.8 Å². The van der Waals surface area contributed by atoms with Crippen LogP contribution in [0.4, 0.5) is 0 Å². The molecule has 1 amide bonds. The number of esters is 1. The molecule has 1 N–H and O–H groups in total. The maximum atomic E-state index is 12.7. The fourth-order valence-electron chi connectivity index (χ4n) is 2.29. The molecule has 1 aromatic carbocycles. The second-order valence-electron chi connectivity index (χ2n) is 5.78. The largest absolute Gasteiger partial charge is 0.449 e. The normalized spacial score (nSPS) is 12.5. The Kier molecular flexibility index (Phi) is 7.56. The van der Waals surface area contributed by atoms with Gasteiger partial charge in [0.05, 0.1) is 12.2 Å². The van der Waals surface area contributed by atoms with Crippen LogP contribution < -0.4 is 5.32 Å². The summed E-state index contributed by atoms with van der Waals surface area (Å²) in [5.74, 6) is -0.875. The minimum atomic E-state index is -0.889. The van der Waals surface area contributed by atoms with Gasteiger partial charge in [-0.15, -0.1) is 11.3 Å². The van der Waals surface area contributed by atoms with E-state index in [-0.39, 0.29) is 5.91 Å². The van der Waals surface area contributed by atoms with Gasteiger partial charge in [0, 0.05) is 18.5 Å². The number of amides is 1. The molecule has 0 bridgehead atoms. The Balaban J connectivity index is 2.16. The van der Waals surface area contributed by atoms with Crippen LogP contribution in [0.5, 0.6) is 0 Å². The number of hydrogen-bond donors (Lipinski definition) is 1. The number of thiophene rings is 1. The summed E-state index contributed by atoms with van der Waals surface area (Å²) < 4.78 is 10.3. The second-order valence-corrected chi connectivity index (χ2v) is 6.73. The van der Waals surface area contributed by atoms with Crippen LogP contribution in [0.15, 0.2) is 41.8 Å². The highest BCUT2D eigenvalue weighted by Crippen LogP contribution is 2.25. The first-order valence-corrected chi connectivity index (χ1v) is 9.19. The quantitative estimate of drug-likeness (QED) is 0.438. The molecule has 1 heterocycles. The molecule has 5 nitrogen and oxygen atoms in total. The number of ether oxygens (including phenoxy) is 2. The van der Waals surface area contributed by atoms with Crippen molar-refractivity contribution in [1.29, 1.82) is 0 Å². The van der Waals surface area contributed by atoms with Gasteiger partial charge in [-0.3, -0.25) is 4.79 Å². The molecule has 0 aliphatic heterocycles. The van der Waals surface area contributed by atoms with Gasteiger partial charge in [-0.05, 0) is 36.9 Å². The molecular weight excluding hydrogens is 350 g/mol. The van der Waals surface area contributed by atoms with Gasteiger partial charge in [0.15, 0.2) is 6.10 Å². The lowest BCUT2D eigenvalue weighted by molar-refractivity contribution is -0.149. The highest BCUT2D eigenvalue weighted by Gasteiger charge is 2.21. The highest BCUT2D eigenvalue weighted by molar-refractivity contribution is 7.11.